The van der Waals surface area contributed by atoms with Gasteiger partial charge in [-0.15, -0.1) is 0 Å². The lowest BCUT2D eigenvalue weighted by atomic mass is 10.0. The zero-order valence-corrected chi connectivity index (χ0v) is 9.35. The first kappa shape index (κ1) is 11.2. The number of hydrogen-bond donors (Lipinski definition) is 0. The Morgan fingerprint density at radius 3 is 2.36 bits per heavy atom. The summed E-state index contributed by atoms with van der Waals surface area (Å²) >= 11 is 0. The molecule has 1 heterocycles. The van der Waals surface area contributed by atoms with Crippen LogP contribution in [-0.2, 0) is 4.79 Å². The molecule has 0 fully saturated rings. The number of amides is 1. The van der Waals surface area contributed by atoms with E-state index in [2.05, 4.69) is 6.92 Å². The third-order valence-electron chi connectivity index (χ3n) is 2.71. The number of rotatable bonds is 1. The fraction of sp³-hybridized carbons (Fsp3) is 0.727. The Morgan fingerprint density at radius 2 is 1.93 bits per heavy atom. The van der Waals surface area contributed by atoms with Crippen molar-refractivity contribution in [3.8, 4) is 0 Å². The monoisotopic (exact) mass is 199 g/mol. The number of nitrogens with zero attached hydrogens (tertiary/aromatic N) is 1. The molecule has 0 spiro atoms. The van der Waals surface area contributed by atoms with Crippen molar-refractivity contribution in [2.24, 2.45) is 0 Å². The van der Waals surface area contributed by atoms with Crippen LogP contribution >= 0.6 is 0 Å². The zero-order chi connectivity index (χ0) is 10.9. The molecule has 1 rings (SSSR count). The largest absolute Gasteiger partial charge is 0.336 e. The molecule has 0 aliphatic carbocycles. The molecule has 0 aromatic rings. The van der Waals surface area contributed by atoms with Gasteiger partial charge in [0.1, 0.15) is 0 Å². The summed E-state index contributed by atoms with van der Waals surface area (Å²) in [5.41, 5.74) is 0.769. The van der Waals surface area contributed by atoms with E-state index in [0.29, 0.717) is 13.1 Å². The fourth-order valence-corrected chi connectivity index (χ4v) is 1.57. The predicted octanol–water partition coefficient (Wildman–Crippen LogP) is 2.30. The molecule has 0 saturated heterocycles. The van der Waals surface area contributed by atoms with Gasteiger partial charge < -0.3 is 4.90 Å². The van der Waals surface area contributed by atoms with E-state index >= 15 is 0 Å². The average molecular weight is 199 g/mol. The van der Waals surface area contributed by atoms with Gasteiger partial charge in [0.05, 0.1) is 0 Å². The highest BCUT2D eigenvalue weighted by atomic mass is 19.1. The number of alkyl halides is 1. The Balaban J connectivity index is 2.71. The molecule has 0 saturated carbocycles. The third-order valence-corrected chi connectivity index (χ3v) is 2.71. The maximum absolute atomic E-state index is 13.4. The highest BCUT2D eigenvalue weighted by molar-refractivity contribution is 5.84. The molecule has 0 atom stereocenters. The molecule has 1 aliphatic rings. The Labute approximate surface area is 84.8 Å². The average Bonchev–Trinajstić information content (AvgIpc) is 2.07. The van der Waals surface area contributed by atoms with E-state index in [4.69, 9.17) is 0 Å². The fourth-order valence-electron chi connectivity index (χ4n) is 1.57. The van der Waals surface area contributed by atoms with E-state index in [1.54, 1.807) is 4.90 Å². The van der Waals surface area contributed by atoms with Gasteiger partial charge in [-0.2, -0.15) is 0 Å². The molecule has 1 aliphatic heterocycles. The predicted molar refractivity (Wildman–Crippen MR) is 54.8 cm³/mol. The van der Waals surface area contributed by atoms with Crippen molar-refractivity contribution in [3.63, 3.8) is 0 Å². The van der Waals surface area contributed by atoms with E-state index in [0.717, 1.165) is 6.42 Å². The quantitative estimate of drug-likeness (QED) is 0.593. The number of hydrogen-bond acceptors (Lipinski definition) is 1. The first-order valence-electron chi connectivity index (χ1n) is 4.96. The summed E-state index contributed by atoms with van der Waals surface area (Å²) in [5, 5.41) is 0. The summed E-state index contributed by atoms with van der Waals surface area (Å²) in [7, 11) is 0. The third kappa shape index (κ3) is 2.34. The summed E-state index contributed by atoms with van der Waals surface area (Å²) in [6.45, 7) is 7.93. The Kier molecular flexibility index (Phi) is 2.98. The van der Waals surface area contributed by atoms with E-state index < -0.39 is 11.6 Å². The second-order valence-corrected chi connectivity index (χ2v) is 4.51. The molecule has 0 bridgehead atoms. The van der Waals surface area contributed by atoms with Gasteiger partial charge in [0.2, 0.25) is 0 Å². The SMILES string of the molecule is CC1=C(C)CN(C(=O)C(C)(C)F)CC1. The molecule has 0 N–H and O–H groups in total. The standard InChI is InChI=1S/C11H18FNO/c1-8-5-6-13(7-9(8)2)10(14)11(3,4)12/h5-7H2,1-4H3. The van der Waals surface area contributed by atoms with Crippen LogP contribution in [0.3, 0.4) is 0 Å². The second kappa shape index (κ2) is 3.71. The summed E-state index contributed by atoms with van der Waals surface area (Å²) in [6, 6.07) is 0. The first-order chi connectivity index (χ1) is 6.32. The van der Waals surface area contributed by atoms with Crippen LogP contribution in [-0.4, -0.2) is 29.6 Å². The van der Waals surface area contributed by atoms with Gasteiger partial charge in [0, 0.05) is 13.1 Å². The lowest BCUT2D eigenvalue weighted by Crippen LogP contribution is -2.45. The summed E-state index contributed by atoms with van der Waals surface area (Å²) < 4.78 is 13.4. The van der Waals surface area contributed by atoms with Gasteiger partial charge in [0.15, 0.2) is 5.67 Å². The lowest BCUT2D eigenvalue weighted by Gasteiger charge is -2.31. The summed E-state index contributed by atoms with van der Waals surface area (Å²) in [5.74, 6) is -0.399. The van der Waals surface area contributed by atoms with Gasteiger partial charge in [0.25, 0.3) is 5.91 Å². The summed E-state index contributed by atoms with van der Waals surface area (Å²) in [4.78, 5) is 13.2. The van der Waals surface area contributed by atoms with Gasteiger partial charge in [-0.1, -0.05) is 11.1 Å². The second-order valence-electron chi connectivity index (χ2n) is 4.51. The van der Waals surface area contributed by atoms with Gasteiger partial charge in [-0.25, -0.2) is 4.39 Å². The molecule has 0 unspecified atom stereocenters. The van der Waals surface area contributed by atoms with Crippen molar-refractivity contribution in [1.82, 2.24) is 4.90 Å². The number of carbonyl (C=O) groups excluding carboxylic acids is 1. The maximum atomic E-state index is 13.4. The molecule has 3 heteroatoms. The normalized spacial score (nSPS) is 18.8. The molecule has 0 aromatic heterocycles. The highest BCUT2D eigenvalue weighted by Crippen LogP contribution is 2.21. The Morgan fingerprint density at radius 1 is 1.36 bits per heavy atom. The zero-order valence-electron chi connectivity index (χ0n) is 9.35. The molecule has 0 radical (unpaired) electrons. The van der Waals surface area contributed by atoms with Crippen LogP contribution in [0.2, 0.25) is 0 Å². The van der Waals surface area contributed by atoms with Crippen LogP contribution < -0.4 is 0 Å². The molecule has 2 nitrogen and oxygen atoms in total. The molecule has 14 heavy (non-hydrogen) atoms. The van der Waals surface area contributed by atoms with Gasteiger partial charge >= 0.3 is 0 Å². The van der Waals surface area contributed by atoms with E-state index in [1.807, 2.05) is 6.92 Å². The highest BCUT2D eigenvalue weighted by Gasteiger charge is 2.32. The minimum absolute atomic E-state index is 0.399. The van der Waals surface area contributed by atoms with Crippen LogP contribution in [0.4, 0.5) is 4.39 Å². The van der Waals surface area contributed by atoms with Crippen LogP contribution in [0.5, 0.6) is 0 Å². The van der Waals surface area contributed by atoms with Crippen molar-refractivity contribution in [1.29, 1.82) is 0 Å². The maximum Gasteiger partial charge on any atom is 0.259 e. The molecule has 1 amide bonds. The van der Waals surface area contributed by atoms with Crippen LogP contribution in [0, 0.1) is 0 Å². The van der Waals surface area contributed by atoms with Crippen LogP contribution in [0.25, 0.3) is 0 Å². The van der Waals surface area contributed by atoms with E-state index in [1.165, 1.54) is 25.0 Å². The van der Waals surface area contributed by atoms with Crippen molar-refractivity contribution in [2.45, 2.75) is 39.8 Å². The van der Waals surface area contributed by atoms with Crippen LogP contribution in [0.1, 0.15) is 34.1 Å². The van der Waals surface area contributed by atoms with E-state index in [9.17, 15) is 9.18 Å². The first-order valence-corrected chi connectivity index (χ1v) is 4.96. The molecule has 80 valence electrons. The molecule has 0 aromatic carbocycles. The smallest absolute Gasteiger partial charge is 0.259 e. The summed E-state index contributed by atoms with van der Waals surface area (Å²) in [6.07, 6.45) is 0.869. The van der Waals surface area contributed by atoms with Crippen molar-refractivity contribution in [3.05, 3.63) is 11.1 Å². The van der Waals surface area contributed by atoms with Gasteiger partial charge in [-0.05, 0) is 34.1 Å². The minimum atomic E-state index is -1.74. The topological polar surface area (TPSA) is 20.3 Å². The van der Waals surface area contributed by atoms with E-state index in [-0.39, 0.29) is 0 Å². The Bertz CT molecular complexity index is 276. The van der Waals surface area contributed by atoms with Crippen molar-refractivity contribution < 1.29 is 9.18 Å². The van der Waals surface area contributed by atoms with Crippen molar-refractivity contribution >= 4 is 5.91 Å². The number of carbonyl (C=O) groups is 1. The lowest BCUT2D eigenvalue weighted by molar-refractivity contribution is -0.141. The molecular formula is C11H18FNO. The minimum Gasteiger partial charge on any atom is -0.336 e. The number of halogens is 1. The van der Waals surface area contributed by atoms with Crippen LogP contribution in [0.15, 0.2) is 11.1 Å². The van der Waals surface area contributed by atoms with Gasteiger partial charge in [-0.3, -0.25) is 4.79 Å². The molecular weight excluding hydrogens is 181 g/mol. The Hall–Kier alpha value is -0.860. The van der Waals surface area contributed by atoms with Crippen molar-refractivity contribution in [2.75, 3.05) is 13.1 Å².